The smallest absolute Gasteiger partial charge is 0.387 e. The van der Waals surface area contributed by atoms with E-state index in [2.05, 4.69) is 23.7 Å². The molecular weight excluding hydrogens is 525 g/mol. The Morgan fingerprint density at radius 2 is 1.10 bits per heavy atom. The molecule has 0 aliphatic rings. The summed E-state index contributed by atoms with van der Waals surface area (Å²) in [5.74, 6) is -0.229. The zero-order chi connectivity index (χ0) is 29.7. The van der Waals surface area contributed by atoms with Gasteiger partial charge in [-0.15, -0.1) is 0 Å². The van der Waals surface area contributed by atoms with Crippen LogP contribution in [0.25, 0.3) is 0 Å². The van der Waals surface area contributed by atoms with E-state index in [1.807, 2.05) is 6.08 Å². The normalized spacial score (nSPS) is 13.6. The van der Waals surface area contributed by atoms with Gasteiger partial charge in [0.05, 0.1) is 18.8 Å². The molecule has 8 heteroatoms. The summed E-state index contributed by atoms with van der Waals surface area (Å²) in [6.07, 6.45) is 30.8. The fourth-order valence-corrected chi connectivity index (χ4v) is 5.28. The zero-order valence-electron chi connectivity index (χ0n) is 26.0. The molecule has 0 bridgehead atoms. The molecule has 0 unspecified atom stereocenters. The number of aliphatic hydroxyl groups is 1. The van der Waals surface area contributed by atoms with Crippen molar-refractivity contribution < 1.29 is 28.8 Å². The van der Waals surface area contributed by atoms with Crippen molar-refractivity contribution >= 4 is 13.7 Å². The van der Waals surface area contributed by atoms with E-state index >= 15 is 0 Å². The van der Waals surface area contributed by atoms with Crippen LogP contribution in [0.1, 0.15) is 168 Å². The monoisotopic (exact) mass is 589 g/mol. The lowest BCUT2D eigenvalue weighted by Crippen LogP contribution is -2.45. The quantitative estimate of drug-likeness (QED) is 0.0378. The summed E-state index contributed by atoms with van der Waals surface area (Å²) in [7, 11) is -4.70. The SMILES string of the molecule is CCCCCCCCCCCCC/C=C/[C@@H](O)[C@H](COP(=O)(O)O)NC(=O)CCCCCCCCCCCCC. The van der Waals surface area contributed by atoms with Gasteiger partial charge in [0, 0.05) is 6.42 Å². The Balaban J connectivity index is 4.11. The van der Waals surface area contributed by atoms with Crippen LogP contribution in [-0.2, 0) is 13.9 Å². The molecule has 2 atom stereocenters. The van der Waals surface area contributed by atoms with E-state index in [1.165, 1.54) is 109 Å². The molecule has 7 nitrogen and oxygen atoms in total. The van der Waals surface area contributed by atoms with Gasteiger partial charge < -0.3 is 20.2 Å². The van der Waals surface area contributed by atoms with Crippen molar-refractivity contribution in [3.05, 3.63) is 12.2 Å². The molecule has 1 amide bonds. The zero-order valence-corrected chi connectivity index (χ0v) is 26.9. The van der Waals surface area contributed by atoms with Gasteiger partial charge in [0.1, 0.15) is 0 Å². The third-order valence-electron chi connectivity index (χ3n) is 7.50. The molecule has 0 aromatic heterocycles. The van der Waals surface area contributed by atoms with Crippen LogP contribution in [0.15, 0.2) is 12.2 Å². The Kier molecular flexibility index (Phi) is 27.9. The number of hydrogen-bond donors (Lipinski definition) is 4. The number of carbonyl (C=O) groups excluding carboxylic acids is 1. The lowest BCUT2D eigenvalue weighted by molar-refractivity contribution is -0.123. The molecule has 0 aliphatic carbocycles. The van der Waals surface area contributed by atoms with Gasteiger partial charge in [0.15, 0.2) is 0 Å². The predicted molar refractivity (Wildman–Crippen MR) is 167 cm³/mol. The van der Waals surface area contributed by atoms with Crippen molar-refractivity contribution in [2.75, 3.05) is 6.61 Å². The Labute approximate surface area is 246 Å². The van der Waals surface area contributed by atoms with Gasteiger partial charge in [-0.1, -0.05) is 154 Å². The number of phosphoric ester groups is 1. The van der Waals surface area contributed by atoms with E-state index in [-0.39, 0.29) is 5.91 Å². The van der Waals surface area contributed by atoms with Crippen molar-refractivity contribution in [3.8, 4) is 0 Å². The second-order valence-electron chi connectivity index (χ2n) is 11.5. The van der Waals surface area contributed by atoms with Crippen LogP contribution in [-0.4, -0.2) is 39.6 Å². The summed E-state index contributed by atoms with van der Waals surface area (Å²) in [6, 6.07) is -0.901. The van der Waals surface area contributed by atoms with Crippen LogP contribution in [0.2, 0.25) is 0 Å². The van der Waals surface area contributed by atoms with E-state index in [4.69, 9.17) is 9.79 Å². The Hall–Kier alpha value is -0.720. The number of aliphatic hydroxyl groups excluding tert-OH is 1. The van der Waals surface area contributed by atoms with E-state index in [0.717, 1.165) is 38.5 Å². The van der Waals surface area contributed by atoms with Crippen LogP contribution in [0.5, 0.6) is 0 Å². The van der Waals surface area contributed by atoms with Gasteiger partial charge in [0.25, 0.3) is 0 Å². The average molecular weight is 590 g/mol. The van der Waals surface area contributed by atoms with Crippen LogP contribution in [0, 0.1) is 0 Å². The van der Waals surface area contributed by atoms with Gasteiger partial charge in [-0.2, -0.15) is 0 Å². The van der Waals surface area contributed by atoms with Crippen molar-refractivity contribution in [1.82, 2.24) is 5.32 Å². The molecule has 0 rings (SSSR count). The molecule has 0 fully saturated rings. The second kappa shape index (κ2) is 28.4. The highest BCUT2D eigenvalue weighted by Crippen LogP contribution is 2.35. The molecule has 0 spiro atoms. The van der Waals surface area contributed by atoms with Gasteiger partial charge in [0.2, 0.25) is 5.91 Å². The predicted octanol–water partition coefficient (Wildman–Crippen LogP) is 8.90. The molecule has 0 aromatic carbocycles. The minimum atomic E-state index is -4.70. The molecule has 0 aromatic rings. The van der Waals surface area contributed by atoms with Crippen molar-refractivity contribution in [2.45, 2.75) is 180 Å². The molecule has 0 saturated carbocycles. The van der Waals surface area contributed by atoms with Crippen LogP contribution in [0.3, 0.4) is 0 Å². The lowest BCUT2D eigenvalue weighted by Gasteiger charge is -2.22. The summed E-state index contributed by atoms with van der Waals surface area (Å²) < 4.78 is 15.8. The average Bonchev–Trinajstić information content (AvgIpc) is 2.91. The summed E-state index contributed by atoms with van der Waals surface area (Å²) in [6.45, 7) is 4.03. The van der Waals surface area contributed by atoms with E-state index in [9.17, 15) is 14.5 Å². The van der Waals surface area contributed by atoms with Crippen molar-refractivity contribution in [2.24, 2.45) is 0 Å². The van der Waals surface area contributed by atoms with Gasteiger partial charge >= 0.3 is 7.82 Å². The fourth-order valence-electron chi connectivity index (χ4n) is 4.93. The summed E-state index contributed by atoms with van der Waals surface area (Å²) in [4.78, 5) is 30.6. The number of carbonyl (C=O) groups is 1. The number of amides is 1. The summed E-state index contributed by atoms with van der Waals surface area (Å²) >= 11 is 0. The van der Waals surface area contributed by atoms with Crippen LogP contribution < -0.4 is 5.32 Å². The molecule has 0 saturated heterocycles. The standard InChI is InChI=1S/C32H64NO6P/c1-3-5-7-9-11-13-15-16-18-19-21-23-25-27-31(34)30(29-39-40(36,37)38)33-32(35)28-26-24-22-20-17-14-12-10-8-6-4-2/h25,27,30-31,34H,3-24,26,28-29H2,1-2H3,(H,33,35)(H2,36,37,38)/b27-25+/t30-,31+/m0/s1. The minimum Gasteiger partial charge on any atom is -0.387 e. The first-order valence-corrected chi connectivity index (χ1v) is 18.2. The van der Waals surface area contributed by atoms with E-state index in [0.29, 0.717) is 6.42 Å². The topological polar surface area (TPSA) is 116 Å². The number of nitrogens with one attached hydrogen (secondary N) is 1. The third-order valence-corrected chi connectivity index (χ3v) is 7.98. The number of phosphoric acid groups is 1. The first kappa shape index (κ1) is 39.3. The second-order valence-corrected chi connectivity index (χ2v) is 12.7. The first-order chi connectivity index (χ1) is 19.3. The highest BCUT2D eigenvalue weighted by molar-refractivity contribution is 7.46. The molecule has 0 heterocycles. The maximum absolute atomic E-state index is 12.4. The third kappa shape index (κ3) is 28.8. The van der Waals surface area contributed by atoms with Crippen LogP contribution >= 0.6 is 7.82 Å². The molecule has 238 valence electrons. The Bertz CT molecular complexity index is 639. The number of allylic oxidation sites excluding steroid dienone is 1. The number of unbranched alkanes of at least 4 members (excludes halogenated alkanes) is 21. The maximum Gasteiger partial charge on any atom is 0.469 e. The highest BCUT2D eigenvalue weighted by atomic mass is 31.2. The van der Waals surface area contributed by atoms with E-state index < -0.39 is 26.6 Å². The Morgan fingerprint density at radius 3 is 1.52 bits per heavy atom. The van der Waals surface area contributed by atoms with Gasteiger partial charge in [-0.25, -0.2) is 4.57 Å². The number of hydrogen-bond acceptors (Lipinski definition) is 4. The van der Waals surface area contributed by atoms with Crippen LogP contribution in [0.4, 0.5) is 0 Å². The molecule has 0 radical (unpaired) electrons. The first-order valence-electron chi connectivity index (χ1n) is 16.6. The van der Waals surface area contributed by atoms with Crippen molar-refractivity contribution in [3.63, 3.8) is 0 Å². The van der Waals surface area contributed by atoms with Crippen molar-refractivity contribution in [1.29, 1.82) is 0 Å². The summed E-state index contributed by atoms with van der Waals surface area (Å²) in [5, 5.41) is 13.3. The van der Waals surface area contributed by atoms with Gasteiger partial charge in [-0.3, -0.25) is 9.32 Å². The minimum absolute atomic E-state index is 0.229. The molecule has 0 aliphatic heterocycles. The number of rotatable bonds is 30. The molecule has 40 heavy (non-hydrogen) atoms. The molecular formula is C32H64NO6P. The summed E-state index contributed by atoms with van der Waals surface area (Å²) in [5.41, 5.74) is 0. The lowest BCUT2D eigenvalue weighted by atomic mass is 10.0. The maximum atomic E-state index is 12.4. The Morgan fingerprint density at radius 1 is 0.700 bits per heavy atom. The highest BCUT2D eigenvalue weighted by Gasteiger charge is 2.24. The fraction of sp³-hybridized carbons (Fsp3) is 0.906. The van der Waals surface area contributed by atoms with E-state index in [1.54, 1.807) is 6.08 Å². The molecule has 4 N–H and O–H groups in total. The largest absolute Gasteiger partial charge is 0.469 e. The van der Waals surface area contributed by atoms with Gasteiger partial charge in [-0.05, 0) is 19.3 Å².